The second-order valence-electron chi connectivity index (χ2n) is 5.65. The highest BCUT2D eigenvalue weighted by Crippen LogP contribution is 2.35. The minimum Gasteiger partial charge on any atom is -0.453 e. The lowest BCUT2D eigenvalue weighted by molar-refractivity contribution is 0.439. The summed E-state index contributed by atoms with van der Waals surface area (Å²) in [5.74, 6) is -0.277. The first-order valence-corrected chi connectivity index (χ1v) is 8.71. The number of aryl methyl sites for hydroxylation is 1. The van der Waals surface area contributed by atoms with Gasteiger partial charge in [0, 0.05) is 17.0 Å². The Kier molecular flexibility index (Phi) is 5.59. The van der Waals surface area contributed by atoms with Gasteiger partial charge in [0.2, 0.25) is 0 Å². The number of halogens is 3. The van der Waals surface area contributed by atoms with Crippen LogP contribution in [0.2, 0.25) is 10.0 Å². The first-order chi connectivity index (χ1) is 12.5. The van der Waals surface area contributed by atoms with Crippen molar-refractivity contribution >= 4 is 23.2 Å². The van der Waals surface area contributed by atoms with Gasteiger partial charge in [0.25, 0.3) is 5.56 Å². The van der Waals surface area contributed by atoms with Crippen molar-refractivity contribution in [3.8, 4) is 11.5 Å². The lowest BCUT2D eigenvalue weighted by Gasteiger charge is -2.12. The van der Waals surface area contributed by atoms with E-state index < -0.39 is 5.82 Å². The topological polar surface area (TPSA) is 55.0 Å². The molecule has 0 aliphatic carbocycles. The van der Waals surface area contributed by atoms with Gasteiger partial charge in [0.05, 0.1) is 10.7 Å². The van der Waals surface area contributed by atoms with E-state index in [2.05, 4.69) is 10.2 Å². The quantitative estimate of drug-likeness (QED) is 0.652. The van der Waals surface area contributed by atoms with E-state index in [0.29, 0.717) is 34.0 Å². The molecular formula is C19H15Cl2FN2O2. The van der Waals surface area contributed by atoms with Gasteiger partial charge in [-0.25, -0.2) is 9.49 Å². The second-order valence-corrected chi connectivity index (χ2v) is 6.50. The molecule has 1 aromatic heterocycles. The summed E-state index contributed by atoms with van der Waals surface area (Å²) in [6.07, 6.45) is 0.760. The number of aromatic amines is 1. The fourth-order valence-corrected chi connectivity index (χ4v) is 2.86. The van der Waals surface area contributed by atoms with Crippen LogP contribution in [0.1, 0.15) is 23.7 Å². The Morgan fingerprint density at radius 3 is 2.69 bits per heavy atom. The van der Waals surface area contributed by atoms with Gasteiger partial charge >= 0.3 is 0 Å². The Balaban J connectivity index is 1.93. The monoisotopic (exact) mass is 392 g/mol. The summed E-state index contributed by atoms with van der Waals surface area (Å²) in [4.78, 5) is 11.6. The summed E-state index contributed by atoms with van der Waals surface area (Å²) in [5, 5.41) is 7.03. The van der Waals surface area contributed by atoms with Gasteiger partial charge in [-0.15, -0.1) is 0 Å². The zero-order chi connectivity index (χ0) is 18.7. The minimum absolute atomic E-state index is 0.0772. The van der Waals surface area contributed by atoms with Crippen molar-refractivity contribution in [2.45, 2.75) is 19.8 Å². The van der Waals surface area contributed by atoms with Crippen LogP contribution in [0, 0.1) is 5.82 Å². The molecule has 0 atom stereocenters. The average molecular weight is 393 g/mol. The molecular weight excluding hydrogens is 378 g/mol. The van der Waals surface area contributed by atoms with Crippen LogP contribution < -0.4 is 10.3 Å². The first-order valence-electron chi connectivity index (χ1n) is 7.95. The zero-order valence-corrected chi connectivity index (χ0v) is 15.4. The molecule has 1 N–H and O–H groups in total. The van der Waals surface area contributed by atoms with Crippen LogP contribution in [0.25, 0.3) is 0 Å². The Labute approximate surface area is 159 Å². The molecule has 26 heavy (non-hydrogen) atoms. The number of nitrogens with zero attached hydrogens (tertiary/aromatic N) is 1. The van der Waals surface area contributed by atoms with Crippen molar-refractivity contribution < 1.29 is 9.13 Å². The molecule has 0 aliphatic heterocycles. The molecule has 0 fully saturated rings. The van der Waals surface area contributed by atoms with Crippen LogP contribution in [0.3, 0.4) is 0 Å². The van der Waals surface area contributed by atoms with Gasteiger partial charge in [-0.05, 0) is 42.3 Å². The van der Waals surface area contributed by atoms with Crippen molar-refractivity contribution in [3.05, 3.63) is 85.5 Å². The highest BCUT2D eigenvalue weighted by molar-refractivity contribution is 6.32. The summed E-state index contributed by atoms with van der Waals surface area (Å²) >= 11 is 12.0. The zero-order valence-electron chi connectivity index (χ0n) is 13.9. The smallest absolute Gasteiger partial charge is 0.267 e. The van der Waals surface area contributed by atoms with Gasteiger partial charge in [-0.2, -0.15) is 5.10 Å². The second kappa shape index (κ2) is 7.89. The third-order valence-corrected chi connectivity index (χ3v) is 4.36. The van der Waals surface area contributed by atoms with Crippen molar-refractivity contribution in [1.29, 1.82) is 0 Å². The molecule has 3 rings (SSSR count). The number of H-pyrrole nitrogens is 1. The Bertz CT molecular complexity index is 1010. The molecule has 4 nitrogen and oxygen atoms in total. The molecule has 2 aromatic carbocycles. The Morgan fingerprint density at radius 2 is 1.96 bits per heavy atom. The highest BCUT2D eigenvalue weighted by atomic mass is 35.5. The number of nitrogens with one attached hydrogen (secondary N) is 1. The number of benzene rings is 2. The van der Waals surface area contributed by atoms with Crippen molar-refractivity contribution in [2.75, 3.05) is 0 Å². The van der Waals surface area contributed by atoms with Crippen molar-refractivity contribution in [3.63, 3.8) is 0 Å². The van der Waals surface area contributed by atoms with Crippen LogP contribution in [0.5, 0.6) is 11.5 Å². The molecule has 0 aliphatic rings. The predicted molar refractivity (Wildman–Crippen MR) is 100.0 cm³/mol. The summed E-state index contributed by atoms with van der Waals surface area (Å²) in [5.41, 5.74) is 1.27. The van der Waals surface area contributed by atoms with Gasteiger partial charge in [-0.1, -0.05) is 42.3 Å². The predicted octanol–water partition coefficient (Wildman–Crippen LogP) is 5.16. The summed E-state index contributed by atoms with van der Waals surface area (Å²) in [6.45, 7) is 1.87. The molecule has 0 saturated heterocycles. The van der Waals surface area contributed by atoms with Crippen LogP contribution in [-0.4, -0.2) is 10.2 Å². The van der Waals surface area contributed by atoms with E-state index in [9.17, 15) is 9.18 Å². The maximum atomic E-state index is 14.9. The minimum atomic E-state index is -0.580. The molecule has 0 radical (unpaired) electrons. The van der Waals surface area contributed by atoms with E-state index in [4.69, 9.17) is 27.9 Å². The molecule has 3 aromatic rings. The number of ether oxygens (including phenoxy) is 1. The van der Waals surface area contributed by atoms with Gasteiger partial charge in [0.15, 0.2) is 11.6 Å². The maximum absolute atomic E-state index is 14.9. The number of aromatic nitrogens is 2. The molecule has 1 heterocycles. The fourth-order valence-electron chi connectivity index (χ4n) is 2.49. The largest absolute Gasteiger partial charge is 0.453 e. The summed E-state index contributed by atoms with van der Waals surface area (Å²) in [6, 6.07) is 11.4. The van der Waals surface area contributed by atoms with Crippen molar-refractivity contribution in [2.24, 2.45) is 0 Å². The molecule has 0 amide bonds. The van der Waals surface area contributed by atoms with E-state index in [0.717, 1.165) is 0 Å². The molecule has 0 saturated carbocycles. The first kappa shape index (κ1) is 18.4. The molecule has 134 valence electrons. The lowest BCUT2D eigenvalue weighted by Crippen LogP contribution is -2.15. The van der Waals surface area contributed by atoms with E-state index in [1.54, 1.807) is 42.5 Å². The van der Waals surface area contributed by atoms with Crippen molar-refractivity contribution in [1.82, 2.24) is 10.2 Å². The lowest BCUT2D eigenvalue weighted by atomic mass is 10.1. The van der Waals surface area contributed by atoms with Crippen LogP contribution in [0.15, 0.2) is 47.3 Å². The maximum Gasteiger partial charge on any atom is 0.267 e. The Morgan fingerprint density at radius 1 is 1.15 bits per heavy atom. The summed E-state index contributed by atoms with van der Waals surface area (Å²) < 4.78 is 20.5. The third kappa shape index (κ3) is 4.06. The normalized spacial score (nSPS) is 10.8. The van der Waals surface area contributed by atoms with Crippen LogP contribution >= 0.6 is 23.2 Å². The standard InChI is InChI=1S/C19H15Cl2FN2O2/c1-2-11-8-14(23-24-19(11)25)9-12-6-7-16(21)18(17(12)22)26-15-5-3-4-13(20)10-15/h3-8,10H,2,9H2,1H3,(H,24,25). The third-order valence-electron chi connectivity index (χ3n) is 3.83. The molecule has 7 heteroatoms. The highest BCUT2D eigenvalue weighted by Gasteiger charge is 2.16. The number of hydrogen-bond acceptors (Lipinski definition) is 3. The van der Waals surface area contributed by atoms with E-state index in [-0.39, 0.29) is 22.8 Å². The van der Waals surface area contributed by atoms with Crippen LogP contribution in [0.4, 0.5) is 4.39 Å². The molecule has 0 spiro atoms. The van der Waals surface area contributed by atoms with E-state index >= 15 is 0 Å². The molecule has 0 bridgehead atoms. The van der Waals surface area contributed by atoms with Gasteiger partial charge < -0.3 is 4.74 Å². The summed E-state index contributed by atoms with van der Waals surface area (Å²) in [7, 11) is 0. The number of rotatable bonds is 5. The average Bonchev–Trinajstić information content (AvgIpc) is 2.62. The Hall–Kier alpha value is -2.37. The van der Waals surface area contributed by atoms with Gasteiger partial charge in [0.1, 0.15) is 5.75 Å². The SMILES string of the molecule is CCc1cc(Cc2ccc(Cl)c(Oc3cccc(Cl)c3)c2F)n[nH]c1=O. The number of hydrogen-bond donors (Lipinski definition) is 1. The van der Waals surface area contributed by atoms with Crippen LogP contribution in [-0.2, 0) is 12.8 Å². The molecule has 0 unspecified atom stereocenters. The fraction of sp³-hybridized carbons (Fsp3) is 0.158. The van der Waals surface area contributed by atoms with E-state index in [1.165, 1.54) is 0 Å². The van der Waals surface area contributed by atoms with E-state index in [1.807, 2.05) is 6.92 Å². The van der Waals surface area contributed by atoms with Gasteiger partial charge in [-0.3, -0.25) is 4.79 Å².